The summed E-state index contributed by atoms with van der Waals surface area (Å²) in [6, 6.07) is 7.62. The number of nitrogens with one attached hydrogen (secondary N) is 1. The second-order valence-corrected chi connectivity index (χ2v) is 6.06. The molecule has 4 rings (SSSR count). The molecular formula is C16H14N6OS. The number of thiophene rings is 1. The van der Waals surface area contributed by atoms with E-state index in [9.17, 15) is 0 Å². The first-order valence-corrected chi connectivity index (χ1v) is 8.37. The molecule has 0 bridgehead atoms. The van der Waals surface area contributed by atoms with Crippen molar-refractivity contribution in [1.29, 1.82) is 0 Å². The number of aryl methyl sites for hydroxylation is 1. The van der Waals surface area contributed by atoms with E-state index in [0.717, 1.165) is 21.9 Å². The lowest BCUT2D eigenvalue weighted by atomic mass is 10.3. The molecule has 7 nitrogen and oxygen atoms in total. The van der Waals surface area contributed by atoms with E-state index >= 15 is 0 Å². The van der Waals surface area contributed by atoms with Crippen LogP contribution in [0.5, 0.6) is 0 Å². The van der Waals surface area contributed by atoms with E-state index < -0.39 is 0 Å². The Morgan fingerprint density at radius 3 is 3.00 bits per heavy atom. The molecule has 0 fully saturated rings. The van der Waals surface area contributed by atoms with Crippen LogP contribution >= 0.6 is 11.3 Å². The van der Waals surface area contributed by atoms with E-state index in [1.165, 1.54) is 0 Å². The van der Waals surface area contributed by atoms with Gasteiger partial charge in [-0.3, -0.25) is 4.98 Å². The Hall–Kier alpha value is -2.87. The van der Waals surface area contributed by atoms with E-state index in [0.29, 0.717) is 30.4 Å². The van der Waals surface area contributed by atoms with Crippen molar-refractivity contribution >= 4 is 27.4 Å². The SMILES string of the molecule is Cc1nc(NCCc2nc(-c3ccccn3)no2)c2ccsc2n1. The predicted octanol–water partition coefficient (Wildman–Crippen LogP) is 3.10. The Kier molecular flexibility index (Phi) is 3.87. The number of rotatable bonds is 5. The van der Waals surface area contributed by atoms with Crippen LogP contribution in [0.15, 0.2) is 40.4 Å². The molecule has 0 aromatic carbocycles. The summed E-state index contributed by atoms with van der Waals surface area (Å²) in [5.74, 6) is 2.66. The number of pyridine rings is 1. The van der Waals surface area contributed by atoms with Crippen molar-refractivity contribution in [3.8, 4) is 11.5 Å². The average Bonchev–Trinajstić information content (AvgIpc) is 3.25. The fraction of sp³-hybridized carbons (Fsp3) is 0.188. The Morgan fingerprint density at radius 2 is 2.12 bits per heavy atom. The van der Waals surface area contributed by atoms with Crippen LogP contribution < -0.4 is 5.32 Å². The molecule has 0 saturated heterocycles. The number of hydrogen-bond donors (Lipinski definition) is 1. The van der Waals surface area contributed by atoms with Gasteiger partial charge in [0.05, 0.1) is 5.39 Å². The van der Waals surface area contributed by atoms with Crippen LogP contribution in [0.4, 0.5) is 5.82 Å². The third-order valence-electron chi connectivity index (χ3n) is 3.43. The second kappa shape index (κ2) is 6.32. The number of nitrogens with zero attached hydrogens (tertiary/aromatic N) is 5. The fourth-order valence-corrected chi connectivity index (χ4v) is 3.15. The topological polar surface area (TPSA) is 89.6 Å². The lowest BCUT2D eigenvalue weighted by Gasteiger charge is -2.05. The largest absolute Gasteiger partial charge is 0.369 e. The van der Waals surface area contributed by atoms with Crippen LogP contribution in [0.3, 0.4) is 0 Å². The fourth-order valence-electron chi connectivity index (χ4n) is 2.34. The first-order valence-electron chi connectivity index (χ1n) is 7.49. The van der Waals surface area contributed by atoms with Crippen LogP contribution in [0.25, 0.3) is 21.7 Å². The highest BCUT2D eigenvalue weighted by Gasteiger charge is 2.10. The molecule has 1 N–H and O–H groups in total. The van der Waals surface area contributed by atoms with Crippen molar-refractivity contribution in [2.45, 2.75) is 13.3 Å². The lowest BCUT2D eigenvalue weighted by molar-refractivity contribution is 0.381. The Morgan fingerprint density at radius 1 is 1.17 bits per heavy atom. The van der Waals surface area contributed by atoms with Crippen molar-refractivity contribution in [1.82, 2.24) is 25.1 Å². The molecule has 0 amide bonds. The van der Waals surface area contributed by atoms with Crippen molar-refractivity contribution in [3.63, 3.8) is 0 Å². The monoisotopic (exact) mass is 338 g/mol. The molecule has 4 aromatic rings. The molecule has 0 spiro atoms. The van der Waals surface area contributed by atoms with Gasteiger partial charge in [0.1, 0.15) is 22.2 Å². The number of hydrogen-bond acceptors (Lipinski definition) is 8. The van der Waals surface area contributed by atoms with Crippen LogP contribution in [0.2, 0.25) is 0 Å². The summed E-state index contributed by atoms with van der Waals surface area (Å²) < 4.78 is 5.28. The molecule has 24 heavy (non-hydrogen) atoms. The summed E-state index contributed by atoms with van der Waals surface area (Å²) in [6.45, 7) is 2.53. The predicted molar refractivity (Wildman–Crippen MR) is 91.9 cm³/mol. The number of aromatic nitrogens is 5. The van der Waals surface area contributed by atoms with Gasteiger partial charge in [0.15, 0.2) is 0 Å². The summed E-state index contributed by atoms with van der Waals surface area (Å²) in [7, 11) is 0. The standard InChI is InChI=1S/C16H14N6OS/c1-10-19-14(11-6-9-24-16(11)20-10)18-8-5-13-21-15(22-23-13)12-4-2-3-7-17-12/h2-4,6-7,9H,5,8H2,1H3,(H,18,19,20). The van der Waals surface area contributed by atoms with Gasteiger partial charge < -0.3 is 9.84 Å². The maximum absolute atomic E-state index is 5.28. The molecule has 4 heterocycles. The quantitative estimate of drug-likeness (QED) is 0.598. The van der Waals surface area contributed by atoms with Gasteiger partial charge in [0.25, 0.3) is 0 Å². The average molecular weight is 338 g/mol. The van der Waals surface area contributed by atoms with Crippen molar-refractivity contribution in [2.24, 2.45) is 0 Å². The molecule has 0 aliphatic carbocycles. The van der Waals surface area contributed by atoms with Crippen molar-refractivity contribution in [3.05, 3.63) is 47.6 Å². The highest BCUT2D eigenvalue weighted by atomic mass is 32.1. The first-order chi connectivity index (χ1) is 11.8. The van der Waals surface area contributed by atoms with E-state index in [-0.39, 0.29) is 0 Å². The molecule has 0 aliphatic heterocycles. The molecule has 0 radical (unpaired) electrons. The highest BCUT2D eigenvalue weighted by molar-refractivity contribution is 7.16. The molecule has 0 unspecified atom stereocenters. The highest BCUT2D eigenvalue weighted by Crippen LogP contribution is 2.24. The normalized spacial score (nSPS) is 11.0. The molecule has 0 aliphatic rings. The summed E-state index contributed by atoms with van der Waals surface area (Å²) >= 11 is 1.61. The van der Waals surface area contributed by atoms with Crippen LogP contribution in [-0.4, -0.2) is 31.6 Å². The van der Waals surface area contributed by atoms with E-state index in [2.05, 4.69) is 30.4 Å². The zero-order valence-corrected chi connectivity index (χ0v) is 13.7. The van der Waals surface area contributed by atoms with Gasteiger partial charge in [-0.1, -0.05) is 11.2 Å². The van der Waals surface area contributed by atoms with Crippen LogP contribution in [0, 0.1) is 6.92 Å². The van der Waals surface area contributed by atoms with Gasteiger partial charge in [0, 0.05) is 19.2 Å². The van der Waals surface area contributed by atoms with Gasteiger partial charge in [0.2, 0.25) is 11.7 Å². The smallest absolute Gasteiger partial charge is 0.228 e. The van der Waals surface area contributed by atoms with Crippen molar-refractivity contribution in [2.75, 3.05) is 11.9 Å². The molecule has 120 valence electrons. The molecule has 0 saturated carbocycles. The van der Waals surface area contributed by atoms with Crippen molar-refractivity contribution < 1.29 is 4.52 Å². The first kappa shape index (κ1) is 14.7. The van der Waals surface area contributed by atoms with E-state index in [4.69, 9.17) is 4.52 Å². The summed E-state index contributed by atoms with van der Waals surface area (Å²) in [5.41, 5.74) is 0.701. The molecule has 8 heteroatoms. The number of anilines is 1. The summed E-state index contributed by atoms with van der Waals surface area (Å²) in [5, 5.41) is 10.3. The molecule has 0 atom stereocenters. The zero-order valence-electron chi connectivity index (χ0n) is 12.9. The minimum Gasteiger partial charge on any atom is -0.369 e. The van der Waals surface area contributed by atoms with Gasteiger partial charge in [-0.05, 0) is 30.5 Å². The minimum atomic E-state index is 0.503. The second-order valence-electron chi connectivity index (χ2n) is 5.16. The third-order valence-corrected chi connectivity index (χ3v) is 4.24. The summed E-state index contributed by atoms with van der Waals surface area (Å²) in [4.78, 5) is 18.5. The third kappa shape index (κ3) is 2.95. The lowest BCUT2D eigenvalue weighted by Crippen LogP contribution is -2.07. The maximum Gasteiger partial charge on any atom is 0.228 e. The zero-order chi connectivity index (χ0) is 16.4. The minimum absolute atomic E-state index is 0.503. The van der Waals surface area contributed by atoms with Gasteiger partial charge in [-0.15, -0.1) is 11.3 Å². The number of fused-ring (bicyclic) bond motifs is 1. The van der Waals surface area contributed by atoms with Crippen LogP contribution in [-0.2, 0) is 6.42 Å². The van der Waals surface area contributed by atoms with Gasteiger partial charge in [-0.2, -0.15) is 4.98 Å². The van der Waals surface area contributed by atoms with Gasteiger partial charge >= 0.3 is 0 Å². The Bertz CT molecular complexity index is 965. The van der Waals surface area contributed by atoms with Gasteiger partial charge in [-0.25, -0.2) is 9.97 Å². The Balaban J connectivity index is 1.44. The molecular weight excluding hydrogens is 324 g/mol. The van der Waals surface area contributed by atoms with E-state index in [1.807, 2.05) is 36.6 Å². The molecule has 4 aromatic heterocycles. The Labute approximate surface area is 141 Å². The van der Waals surface area contributed by atoms with Crippen LogP contribution in [0.1, 0.15) is 11.7 Å². The maximum atomic E-state index is 5.28. The summed E-state index contributed by atoms with van der Waals surface area (Å²) in [6.07, 6.45) is 2.31. The van der Waals surface area contributed by atoms with E-state index in [1.54, 1.807) is 17.5 Å².